The Morgan fingerprint density at radius 2 is 1.89 bits per heavy atom. The highest BCUT2D eigenvalue weighted by atomic mass is 32.1. The molecular weight excluding hydrogens is 501 g/mol. The van der Waals surface area contributed by atoms with Gasteiger partial charge in [0.25, 0.3) is 0 Å². The quantitative estimate of drug-likeness (QED) is 0.246. The van der Waals surface area contributed by atoms with E-state index in [-0.39, 0.29) is 11.7 Å². The predicted octanol–water partition coefficient (Wildman–Crippen LogP) is 5.83. The molecule has 0 saturated carbocycles. The first-order valence-electron chi connectivity index (χ1n) is 12.6. The van der Waals surface area contributed by atoms with E-state index in [0.29, 0.717) is 42.3 Å². The summed E-state index contributed by atoms with van der Waals surface area (Å²) < 4.78 is 20.5. The average molecular weight is 532 g/mol. The largest absolute Gasteiger partial charge is 0.421 e. The Balaban J connectivity index is 1.71. The molecule has 2 aromatic carbocycles. The molecule has 0 radical (unpaired) electrons. The monoisotopic (exact) mass is 531 g/mol. The molecule has 1 amide bonds. The Bertz CT molecular complexity index is 1570. The number of amides is 1. The lowest BCUT2D eigenvalue weighted by molar-refractivity contribution is -0.114. The van der Waals surface area contributed by atoms with Gasteiger partial charge in [-0.15, -0.1) is 21.5 Å². The minimum absolute atomic E-state index is 0.274. The number of thiophene rings is 1. The number of fused-ring (bicyclic) bond motifs is 1. The molecule has 0 bridgehead atoms. The van der Waals surface area contributed by atoms with Gasteiger partial charge in [0.2, 0.25) is 17.7 Å². The number of primary amides is 1. The summed E-state index contributed by atoms with van der Waals surface area (Å²) in [5, 5.41) is 12.9. The van der Waals surface area contributed by atoms with Crippen LogP contribution < -0.4 is 16.8 Å². The van der Waals surface area contributed by atoms with E-state index in [0.717, 1.165) is 37.5 Å². The van der Waals surface area contributed by atoms with Gasteiger partial charge in [0, 0.05) is 50.1 Å². The maximum atomic E-state index is 13.5. The molecule has 0 fully saturated rings. The van der Waals surface area contributed by atoms with Gasteiger partial charge in [-0.25, -0.2) is 4.39 Å². The lowest BCUT2D eigenvalue weighted by Crippen LogP contribution is -2.33. The van der Waals surface area contributed by atoms with Crippen LogP contribution in [0.25, 0.3) is 15.7 Å². The van der Waals surface area contributed by atoms with Crippen LogP contribution in [0.5, 0.6) is 0 Å². The number of aryl methyl sites for hydroxylation is 2. The van der Waals surface area contributed by atoms with Gasteiger partial charge in [-0.3, -0.25) is 4.79 Å². The highest BCUT2D eigenvalue weighted by Crippen LogP contribution is 2.48. The summed E-state index contributed by atoms with van der Waals surface area (Å²) in [6.07, 6.45) is 1.86. The number of nitrogen functional groups attached to an aromatic ring is 1. The number of carbonyl (C=O) groups is 1. The lowest BCUT2D eigenvalue weighted by atomic mass is 9.81. The molecule has 0 aliphatic carbocycles. The molecule has 7 nitrogen and oxygen atoms in total. The Hall–Kier alpha value is -3.98. The summed E-state index contributed by atoms with van der Waals surface area (Å²) in [6, 6.07) is 14.3. The second-order valence-corrected chi connectivity index (χ2v) is 11.1. The molecule has 5 N–H and O–H groups in total. The molecule has 1 aliphatic heterocycles. The van der Waals surface area contributed by atoms with Crippen molar-refractivity contribution in [2.45, 2.75) is 46.0 Å². The maximum Gasteiger partial charge on any atom is 0.247 e. The highest BCUT2D eigenvalue weighted by Gasteiger charge is 2.38. The van der Waals surface area contributed by atoms with Crippen LogP contribution in [0.3, 0.4) is 0 Å². The number of nitrogens with zero attached hydrogens (tertiary/aromatic N) is 2. The highest BCUT2D eigenvalue weighted by molar-refractivity contribution is 7.19. The molecule has 9 heteroatoms. The summed E-state index contributed by atoms with van der Waals surface area (Å²) >= 11 is 1.57. The number of allylic oxidation sites excluding steroid dienone is 3. The number of rotatable bonds is 8. The van der Waals surface area contributed by atoms with Gasteiger partial charge in [-0.05, 0) is 61.1 Å². The van der Waals surface area contributed by atoms with E-state index in [2.05, 4.69) is 29.4 Å². The SMILES string of the molecule is Cc1nnc(C2=C(CCc3ccc(F)cc3)NC(CC(C)C)=C(C(N)=O)C2c2cc3c(N)cccc3s2)o1. The summed E-state index contributed by atoms with van der Waals surface area (Å²) in [7, 11) is 0. The Labute approximate surface area is 224 Å². The standard InChI is InChI=1S/C29H30FN5O2S/c1-15(2)13-22-25(28(32)36)27(24-14-19-20(31)5-4-6-23(19)38-24)26(29-35-34-16(3)37-29)21(33-22)12-9-17-7-10-18(30)11-8-17/h4-8,10-11,14-15,27,33H,9,12-13,31H2,1-3H3,(H2,32,36). The van der Waals surface area contributed by atoms with Crippen LogP contribution in [0.15, 0.2) is 69.9 Å². The predicted molar refractivity (Wildman–Crippen MR) is 148 cm³/mol. The van der Waals surface area contributed by atoms with Crippen molar-refractivity contribution >= 4 is 38.6 Å². The number of nitrogens with one attached hydrogen (secondary N) is 1. The van der Waals surface area contributed by atoms with Crippen molar-refractivity contribution in [2.24, 2.45) is 11.7 Å². The summed E-state index contributed by atoms with van der Waals surface area (Å²) in [5.74, 6) is -0.263. The second-order valence-electron chi connectivity index (χ2n) is 9.97. The van der Waals surface area contributed by atoms with Crippen LogP contribution in [0.4, 0.5) is 10.1 Å². The van der Waals surface area contributed by atoms with Crippen LogP contribution in [0.2, 0.25) is 0 Å². The molecular formula is C29H30FN5O2S. The van der Waals surface area contributed by atoms with Crippen molar-refractivity contribution in [1.29, 1.82) is 0 Å². The fourth-order valence-corrected chi connectivity index (χ4v) is 6.19. The van der Waals surface area contributed by atoms with Crippen molar-refractivity contribution in [3.63, 3.8) is 0 Å². The molecule has 4 aromatic rings. The number of carbonyl (C=O) groups excluding carboxylic acids is 1. The van der Waals surface area contributed by atoms with Crippen LogP contribution in [0, 0.1) is 18.7 Å². The topological polar surface area (TPSA) is 120 Å². The third-order valence-corrected chi connectivity index (χ3v) is 7.80. The van der Waals surface area contributed by atoms with E-state index in [9.17, 15) is 9.18 Å². The van der Waals surface area contributed by atoms with E-state index in [1.54, 1.807) is 30.4 Å². The third kappa shape index (κ3) is 5.06. The molecule has 0 spiro atoms. The average Bonchev–Trinajstić information content (AvgIpc) is 3.49. The Kier molecular flexibility index (Phi) is 7.03. The van der Waals surface area contributed by atoms with E-state index >= 15 is 0 Å². The molecule has 2 aromatic heterocycles. The van der Waals surface area contributed by atoms with Gasteiger partial charge >= 0.3 is 0 Å². The van der Waals surface area contributed by atoms with Crippen molar-refractivity contribution in [1.82, 2.24) is 15.5 Å². The van der Waals surface area contributed by atoms with E-state index in [1.807, 2.05) is 24.3 Å². The van der Waals surface area contributed by atoms with E-state index < -0.39 is 11.8 Å². The van der Waals surface area contributed by atoms with Crippen LogP contribution in [-0.4, -0.2) is 16.1 Å². The minimum Gasteiger partial charge on any atom is -0.421 e. The first kappa shape index (κ1) is 25.7. The molecule has 1 unspecified atom stereocenters. The fourth-order valence-electron chi connectivity index (χ4n) is 4.98. The number of halogens is 1. The molecule has 1 aliphatic rings. The molecule has 0 saturated heterocycles. The smallest absolute Gasteiger partial charge is 0.247 e. The van der Waals surface area contributed by atoms with Crippen molar-refractivity contribution in [3.05, 3.63) is 93.5 Å². The summed E-state index contributed by atoms with van der Waals surface area (Å²) in [6.45, 7) is 5.93. The minimum atomic E-state index is -0.512. The van der Waals surface area contributed by atoms with Crippen LogP contribution in [0.1, 0.15) is 54.8 Å². The van der Waals surface area contributed by atoms with E-state index in [1.165, 1.54) is 12.1 Å². The van der Waals surface area contributed by atoms with E-state index in [4.69, 9.17) is 15.9 Å². The van der Waals surface area contributed by atoms with Gasteiger partial charge in [-0.2, -0.15) is 0 Å². The molecule has 5 rings (SSSR count). The summed E-state index contributed by atoms with van der Waals surface area (Å²) in [4.78, 5) is 14.0. The van der Waals surface area contributed by atoms with Gasteiger partial charge in [-0.1, -0.05) is 32.0 Å². The third-order valence-electron chi connectivity index (χ3n) is 6.64. The number of benzene rings is 2. The first-order valence-corrected chi connectivity index (χ1v) is 13.4. The number of hydrogen-bond acceptors (Lipinski definition) is 7. The lowest BCUT2D eigenvalue weighted by Gasteiger charge is -2.32. The van der Waals surface area contributed by atoms with Crippen LogP contribution in [-0.2, 0) is 11.2 Å². The first-order chi connectivity index (χ1) is 18.2. The molecule has 196 valence electrons. The number of nitrogens with two attached hydrogens (primary N) is 2. The number of anilines is 1. The number of hydrogen-bond donors (Lipinski definition) is 3. The summed E-state index contributed by atoms with van der Waals surface area (Å²) in [5.41, 5.74) is 16.9. The van der Waals surface area contributed by atoms with Gasteiger partial charge < -0.3 is 21.2 Å². The van der Waals surface area contributed by atoms with Crippen molar-refractivity contribution in [3.8, 4) is 0 Å². The molecule has 38 heavy (non-hydrogen) atoms. The van der Waals surface area contributed by atoms with Crippen molar-refractivity contribution in [2.75, 3.05) is 5.73 Å². The van der Waals surface area contributed by atoms with Gasteiger partial charge in [0.05, 0.1) is 5.92 Å². The maximum absolute atomic E-state index is 13.5. The van der Waals surface area contributed by atoms with Crippen molar-refractivity contribution < 1.29 is 13.6 Å². The fraction of sp³-hybridized carbons (Fsp3) is 0.276. The zero-order valence-corrected chi connectivity index (χ0v) is 22.4. The zero-order valence-electron chi connectivity index (χ0n) is 21.5. The molecule has 1 atom stereocenters. The Morgan fingerprint density at radius 3 is 2.53 bits per heavy atom. The van der Waals surface area contributed by atoms with Gasteiger partial charge in [0.15, 0.2) is 0 Å². The zero-order chi connectivity index (χ0) is 27.0. The second kappa shape index (κ2) is 10.4. The normalized spacial score (nSPS) is 16.0. The van der Waals surface area contributed by atoms with Crippen LogP contribution >= 0.6 is 11.3 Å². The number of dihydropyridines is 1. The van der Waals surface area contributed by atoms with Gasteiger partial charge in [0.1, 0.15) is 5.82 Å². The molecule has 3 heterocycles. The Morgan fingerprint density at radius 1 is 1.13 bits per heavy atom. The number of aromatic nitrogens is 2.